The van der Waals surface area contributed by atoms with Gasteiger partial charge in [0.2, 0.25) is 0 Å². The summed E-state index contributed by atoms with van der Waals surface area (Å²) in [6, 6.07) is 4.04. The van der Waals surface area contributed by atoms with Crippen LogP contribution in [0.3, 0.4) is 0 Å². The van der Waals surface area contributed by atoms with Crippen molar-refractivity contribution in [2.75, 3.05) is 0 Å². The summed E-state index contributed by atoms with van der Waals surface area (Å²) < 4.78 is 0. The van der Waals surface area contributed by atoms with Gasteiger partial charge in [-0.2, -0.15) is 0 Å². The van der Waals surface area contributed by atoms with E-state index in [2.05, 4.69) is 25.8 Å². The Kier molecular flexibility index (Phi) is 4.06. The van der Waals surface area contributed by atoms with E-state index in [0.29, 0.717) is 17.8 Å². The molecule has 0 radical (unpaired) electrons. The molecule has 1 heterocycles. The Hall–Kier alpha value is -0.890. The Balaban J connectivity index is 2.19. The molecule has 0 bridgehead atoms. The Bertz CT molecular complexity index is 376. The molecule has 0 spiro atoms. The van der Waals surface area contributed by atoms with Crippen molar-refractivity contribution in [2.45, 2.75) is 52.1 Å². The highest BCUT2D eigenvalue weighted by Gasteiger charge is 2.42. The highest BCUT2D eigenvalue weighted by atomic mass is 16.3. The van der Waals surface area contributed by atoms with E-state index in [-0.39, 0.29) is 0 Å². The molecule has 0 amide bonds. The standard InChI is InChI=1S/C16H25NO/c1-12(2)15-5-4-13(3)10-16(15,18)11-14-6-8-17-9-7-14/h6-9,12-13,15,18H,4-5,10-11H2,1-3H3. The van der Waals surface area contributed by atoms with Crippen molar-refractivity contribution >= 4 is 0 Å². The molecule has 1 aromatic rings. The van der Waals surface area contributed by atoms with E-state index in [4.69, 9.17) is 0 Å². The third kappa shape index (κ3) is 2.92. The number of hydrogen-bond donors (Lipinski definition) is 1. The van der Waals surface area contributed by atoms with Crippen LogP contribution in [0.25, 0.3) is 0 Å². The van der Waals surface area contributed by atoms with Crippen molar-refractivity contribution < 1.29 is 5.11 Å². The van der Waals surface area contributed by atoms with Crippen molar-refractivity contribution in [3.05, 3.63) is 30.1 Å². The lowest BCUT2D eigenvalue weighted by Crippen LogP contribution is -2.47. The van der Waals surface area contributed by atoms with Crippen LogP contribution in [0.1, 0.15) is 45.6 Å². The van der Waals surface area contributed by atoms with E-state index in [1.807, 2.05) is 24.5 Å². The van der Waals surface area contributed by atoms with Crippen molar-refractivity contribution in [1.29, 1.82) is 0 Å². The van der Waals surface area contributed by atoms with Crippen LogP contribution in [0.2, 0.25) is 0 Å². The van der Waals surface area contributed by atoms with Crippen molar-refractivity contribution in [1.82, 2.24) is 4.98 Å². The van der Waals surface area contributed by atoms with Crippen LogP contribution in [-0.2, 0) is 6.42 Å². The minimum absolute atomic E-state index is 0.418. The molecule has 1 aromatic heterocycles. The maximum absolute atomic E-state index is 11.1. The molecule has 2 heteroatoms. The van der Waals surface area contributed by atoms with Crippen LogP contribution in [-0.4, -0.2) is 15.7 Å². The van der Waals surface area contributed by atoms with Crippen LogP contribution in [0.15, 0.2) is 24.5 Å². The number of aromatic nitrogens is 1. The molecule has 0 saturated heterocycles. The van der Waals surface area contributed by atoms with E-state index in [1.54, 1.807) is 0 Å². The molecule has 1 N–H and O–H groups in total. The highest BCUT2D eigenvalue weighted by Crippen LogP contribution is 2.42. The van der Waals surface area contributed by atoms with Gasteiger partial charge in [-0.3, -0.25) is 4.98 Å². The predicted octanol–water partition coefficient (Wildman–Crippen LogP) is 3.45. The molecule has 1 aliphatic rings. The highest BCUT2D eigenvalue weighted by molar-refractivity contribution is 5.14. The summed E-state index contributed by atoms with van der Waals surface area (Å²) in [7, 11) is 0. The van der Waals surface area contributed by atoms with E-state index < -0.39 is 5.60 Å². The molecule has 18 heavy (non-hydrogen) atoms. The van der Waals surface area contributed by atoms with Gasteiger partial charge in [-0.05, 0) is 48.3 Å². The molecule has 2 rings (SSSR count). The quantitative estimate of drug-likeness (QED) is 0.887. The van der Waals surface area contributed by atoms with Crippen LogP contribution < -0.4 is 0 Å². The van der Waals surface area contributed by atoms with Gasteiger partial charge >= 0.3 is 0 Å². The first-order chi connectivity index (χ1) is 8.51. The van der Waals surface area contributed by atoms with E-state index >= 15 is 0 Å². The molecule has 0 aliphatic heterocycles. The minimum atomic E-state index is -0.535. The van der Waals surface area contributed by atoms with Gasteiger partial charge in [-0.25, -0.2) is 0 Å². The summed E-state index contributed by atoms with van der Waals surface area (Å²) in [4.78, 5) is 4.05. The second-order valence-corrected chi connectivity index (χ2v) is 6.37. The lowest BCUT2D eigenvalue weighted by molar-refractivity contribution is -0.0795. The maximum atomic E-state index is 11.1. The third-order valence-electron chi connectivity index (χ3n) is 4.43. The molecular formula is C16H25NO. The smallest absolute Gasteiger partial charge is 0.0720 e. The SMILES string of the molecule is CC1CCC(C(C)C)C(O)(Cc2ccncc2)C1. The zero-order valence-corrected chi connectivity index (χ0v) is 11.8. The summed E-state index contributed by atoms with van der Waals surface area (Å²) in [6.45, 7) is 6.73. The average molecular weight is 247 g/mol. The zero-order chi connectivity index (χ0) is 13.2. The van der Waals surface area contributed by atoms with E-state index in [1.165, 1.54) is 12.0 Å². The number of hydrogen-bond acceptors (Lipinski definition) is 2. The first-order valence-corrected chi connectivity index (χ1v) is 7.12. The van der Waals surface area contributed by atoms with Gasteiger partial charge < -0.3 is 5.11 Å². The molecule has 1 aliphatic carbocycles. The second kappa shape index (κ2) is 5.40. The van der Waals surface area contributed by atoms with Gasteiger partial charge in [-0.15, -0.1) is 0 Å². The van der Waals surface area contributed by atoms with Crippen LogP contribution in [0.4, 0.5) is 0 Å². The summed E-state index contributed by atoms with van der Waals surface area (Å²) >= 11 is 0. The normalized spacial score (nSPS) is 32.7. The van der Waals surface area contributed by atoms with Crippen molar-refractivity contribution in [3.63, 3.8) is 0 Å². The van der Waals surface area contributed by atoms with Crippen LogP contribution in [0, 0.1) is 17.8 Å². The first kappa shape index (κ1) is 13.5. The van der Waals surface area contributed by atoms with Gasteiger partial charge in [-0.1, -0.05) is 27.2 Å². The number of nitrogens with zero attached hydrogens (tertiary/aromatic N) is 1. The molecule has 1 saturated carbocycles. The van der Waals surface area contributed by atoms with Gasteiger partial charge in [0.1, 0.15) is 0 Å². The van der Waals surface area contributed by atoms with Crippen LogP contribution in [0.5, 0.6) is 0 Å². The molecule has 3 atom stereocenters. The Morgan fingerprint density at radius 1 is 1.33 bits per heavy atom. The van der Waals surface area contributed by atoms with Gasteiger partial charge in [0.05, 0.1) is 5.60 Å². The monoisotopic (exact) mass is 247 g/mol. The minimum Gasteiger partial charge on any atom is -0.389 e. The van der Waals surface area contributed by atoms with E-state index in [9.17, 15) is 5.11 Å². The first-order valence-electron chi connectivity index (χ1n) is 7.12. The average Bonchev–Trinajstić information content (AvgIpc) is 2.28. The summed E-state index contributed by atoms with van der Waals surface area (Å²) in [5.74, 6) is 1.60. The Morgan fingerprint density at radius 3 is 2.61 bits per heavy atom. The third-order valence-corrected chi connectivity index (χ3v) is 4.43. The van der Waals surface area contributed by atoms with E-state index in [0.717, 1.165) is 19.3 Å². The summed E-state index contributed by atoms with van der Waals surface area (Å²) in [6.07, 6.45) is 7.73. The number of pyridine rings is 1. The topological polar surface area (TPSA) is 33.1 Å². The molecular weight excluding hydrogens is 222 g/mol. The van der Waals surface area contributed by atoms with Crippen molar-refractivity contribution in [3.8, 4) is 0 Å². The predicted molar refractivity (Wildman–Crippen MR) is 74.2 cm³/mol. The van der Waals surface area contributed by atoms with Crippen molar-refractivity contribution in [2.24, 2.45) is 17.8 Å². The molecule has 3 unspecified atom stereocenters. The fourth-order valence-electron chi connectivity index (χ4n) is 3.60. The molecule has 100 valence electrons. The maximum Gasteiger partial charge on any atom is 0.0720 e. The summed E-state index contributed by atoms with van der Waals surface area (Å²) in [5.41, 5.74) is 0.667. The lowest BCUT2D eigenvalue weighted by atomic mass is 9.65. The van der Waals surface area contributed by atoms with Gasteiger partial charge in [0.25, 0.3) is 0 Å². The van der Waals surface area contributed by atoms with Gasteiger partial charge in [0, 0.05) is 18.8 Å². The fourth-order valence-corrected chi connectivity index (χ4v) is 3.60. The van der Waals surface area contributed by atoms with Gasteiger partial charge in [0.15, 0.2) is 0 Å². The zero-order valence-electron chi connectivity index (χ0n) is 11.8. The molecule has 1 fully saturated rings. The fraction of sp³-hybridized carbons (Fsp3) is 0.688. The Morgan fingerprint density at radius 2 is 2.00 bits per heavy atom. The van der Waals surface area contributed by atoms with Crippen LogP contribution >= 0.6 is 0 Å². The largest absolute Gasteiger partial charge is 0.389 e. The lowest BCUT2D eigenvalue weighted by Gasteiger charge is -2.45. The second-order valence-electron chi connectivity index (χ2n) is 6.37. The number of aliphatic hydroxyl groups is 1. The summed E-state index contributed by atoms with van der Waals surface area (Å²) in [5, 5.41) is 11.1. The molecule has 0 aromatic carbocycles. The number of rotatable bonds is 3. The molecule has 2 nitrogen and oxygen atoms in total. The Labute approximate surface area is 110 Å².